The minimum Gasteiger partial charge on any atom is -0.322 e. The predicted molar refractivity (Wildman–Crippen MR) is 103 cm³/mol. The van der Waals surface area contributed by atoms with Crippen LogP contribution in [0.2, 0.25) is 0 Å². The molecule has 1 aromatic heterocycles. The van der Waals surface area contributed by atoms with E-state index in [1.165, 1.54) is 42.6 Å². The number of aromatic nitrogens is 2. The Hall–Kier alpha value is -2.55. The summed E-state index contributed by atoms with van der Waals surface area (Å²) < 4.78 is 41.0. The average molecular weight is 407 g/mol. The van der Waals surface area contributed by atoms with Crippen LogP contribution in [-0.2, 0) is 6.18 Å². The Morgan fingerprint density at radius 3 is 2.45 bits per heavy atom. The molecule has 4 rings (SSSR count). The molecule has 2 aliphatic rings. The highest BCUT2D eigenvalue weighted by molar-refractivity contribution is 5.91. The van der Waals surface area contributed by atoms with Crippen molar-refractivity contribution < 1.29 is 18.0 Å². The lowest BCUT2D eigenvalue weighted by Gasteiger charge is -2.38. The molecule has 0 radical (unpaired) electrons. The van der Waals surface area contributed by atoms with Gasteiger partial charge in [0.2, 0.25) is 0 Å². The zero-order chi connectivity index (χ0) is 20.4. The van der Waals surface area contributed by atoms with Crippen molar-refractivity contribution in [1.29, 1.82) is 0 Å². The Kier molecular flexibility index (Phi) is 5.49. The van der Waals surface area contributed by atoms with Crippen molar-refractivity contribution in [1.82, 2.24) is 19.6 Å². The number of carbonyl (C=O) groups excluding carboxylic acids is 1. The smallest absolute Gasteiger partial charge is 0.322 e. The van der Waals surface area contributed by atoms with Gasteiger partial charge in [0.05, 0.1) is 16.9 Å². The number of nitrogens with one attached hydrogen (secondary N) is 1. The number of anilines is 1. The first kappa shape index (κ1) is 19.8. The summed E-state index contributed by atoms with van der Waals surface area (Å²) in [5.74, 6) is 0. The maximum absolute atomic E-state index is 13.2. The monoisotopic (exact) mass is 407 g/mol. The quantitative estimate of drug-likeness (QED) is 0.837. The maximum Gasteiger partial charge on any atom is 0.416 e. The molecule has 1 saturated carbocycles. The summed E-state index contributed by atoms with van der Waals surface area (Å²) in [7, 11) is 0. The number of halogens is 3. The summed E-state index contributed by atoms with van der Waals surface area (Å²) in [5, 5.41) is 6.75. The second kappa shape index (κ2) is 8.06. The number of alkyl halides is 3. The standard InChI is InChI=1S/C20H24F3N5O/c21-20(22,23)15-6-7-18(28-9-3-8-24-28)17(14-15)25-19(29)27-12-10-26(11-13-27)16-4-1-2-5-16/h3,6-9,14,16H,1-2,4-5,10-13H2,(H,25,29). The van der Waals surface area contributed by atoms with Crippen molar-refractivity contribution >= 4 is 11.7 Å². The van der Waals surface area contributed by atoms with Crippen LogP contribution in [0, 0.1) is 0 Å². The molecule has 0 spiro atoms. The highest BCUT2D eigenvalue weighted by Gasteiger charge is 2.32. The fourth-order valence-corrected chi connectivity index (χ4v) is 4.18. The van der Waals surface area contributed by atoms with Crippen LogP contribution in [0.15, 0.2) is 36.7 Å². The van der Waals surface area contributed by atoms with Crippen molar-refractivity contribution in [2.24, 2.45) is 0 Å². The molecule has 2 amide bonds. The largest absolute Gasteiger partial charge is 0.416 e. The number of urea groups is 1. The molecule has 0 atom stereocenters. The normalized spacial score (nSPS) is 18.9. The van der Waals surface area contributed by atoms with E-state index in [1.807, 2.05) is 0 Å². The number of rotatable bonds is 3. The molecule has 1 aromatic carbocycles. The molecular formula is C20H24F3N5O. The van der Waals surface area contributed by atoms with Gasteiger partial charge in [-0.2, -0.15) is 18.3 Å². The van der Waals surface area contributed by atoms with E-state index < -0.39 is 11.7 Å². The van der Waals surface area contributed by atoms with Crippen LogP contribution in [0.1, 0.15) is 31.2 Å². The van der Waals surface area contributed by atoms with E-state index in [-0.39, 0.29) is 11.7 Å². The second-order valence-corrected chi connectivity index (χ2v) is 7.57. The molecule has 1 aliphatic heterocycles. The maximum atomic E-state index is 13.2. The van der Waals surface area contributed by atoms with Gasteiger partial charge in [0, 0.05) is 44.6 Å². The van der Waals surface area contributed by atoms with Crippen molar-refractivity contribution in [3.05, 3.63) is 42.2 Å². The summed E-state index contributed by atoms with van der Waals surface area (Å²) in [6.07, 6.45) is 3.61. The third-order valence-electron chi connectivity index (χ3n) is 5.76. The molecule has 1 aliphatic carbocycles. The van der Waals surface area contributed by atoms with Crippen LogP contribution in [0.5, 0.6) is 0 Å². The van der Waals surface area contributed by atoms with Crippen LogP contribution >= 0.6 is 0 Å². The Morgan fingerprint density at radius 1 is 1.10 bits per heavy atom. The first-order chi connectivity index (χ1) is 13.9. The lowest BCUT2D eigenvalue weighted by Crippen LogP contribution is -2.52. The van der Waals surface area contributed by atoms with E-state index in [0.29, 0.717) is 24.8 Å². The second-order valence-electron chi connectivity index (χ2n) is 7.57. The first-order valence-corrected chi connectivity index (χ1v) is 9.93. The Bertz CT molecular complexity index is 838. The summed E-state index contributed by atoms with van der Waals surface area (Å²) in [6.45, 7) is 2.73. The van der Waals surface area contributed by atoms with E-state index >= 15 is 0 Å². The zero-order valence-corrected chi connectivity index (χ0v) is 16.0. The summed E-state index contributed by atoms with van der Waals surface area (Å²) in [4.78, 5) is 16.9. The lowest BCUT2D eigenvalue weighted by molar-refractivity contribution is -0.137. The highest BCUT2D eigenvalue weighted by atomic mass is 19.4. The molecule has 2 aromatic rings. The van der Waals surface area contributed by atoms with E-state index in [1.54, 1.807) is 17.2 Å². The Labute approximate surface area is 167 Å². The molecule has 1 N–H and O–H groups in total. The van der Waals surface area contributed by atoms with Crippen molar-refractivity contribution in [3.63, 3.8) is 0 Å². The van der Waals surface area contributed by atoms with E-state index in [2.05, 4.69) is 15.3 Å². The molecule has 29 heavy (non-hydrogen) atoms. The molecule has 0 bridgehead atoms. The minimum absolute atomic E-state index is 0.0896. The summed E-state index contributed by atoms with van der Waals surface area (Å²) >= 11 is 0. The van der Waals surface area contributed by atoms with Gasteiger partial charge < -0.3 is 10.2 Å². The Balaban J connectivity index is 1.48. The highest BCUT2D eigenvalue weighted by Crippen LogP contribution is 2.33. The van der Waals surface area contributed by atoms with Crippen molar-refractivity contribution in [3.8, 4) is 5.69 Å². The number of piperazine rings is 1. The SMILES string of the molecule is O=C(Nc1cc(C(F)(F)F)ccc1-n1cccn1)N1CCN(C2CCCC2)CC1. The number of nitrogens with zero attached hydrogens (tertiary/aromatic N) is 4. The van der Waals surface area contributed by atoms with Crippen molar-refractivity contribution in [2.75, 3.05) is 31.5 Å². The molecule has 9 heteroatoms. The van der Waals surface area contributed by atoms with Crippen molar-refractivity contribution in [2.45, 2.75) is 37.9 Å². The first-order valence-electron chi connectivity index (χ1n) is 9.93. The fourth-order valence-electron chi connectivity index (χ4n) is 4.18. The topological polar surface area (TPSA) is 53.4 Å². The summed E-state index contributed by atoms with van der Waals surface area (Å²) in [5.41, 5.74) is -0.331. The fraction of sp³-hybridized carbons (Fsp3) is 0.500. The van der Waals surface area contributed by atoms with Gasteiger partial charge in [0.25, 0.3) is 0 Å². The molecule has 6 nitrogen and oxygen atoms in total. The molecule has 2 fully saturated rings. The van der Waals surface area contributed by atoms with Crippen LogP contribution in [-0.4, -0.2) is 57.8 Å². The van der Waals surface area contributed by atoms with E-state index in [4.69, 9.17) is 0 Å². The Morgan fingerprint density at radius 2 is 1.83 bits per heavy atom. The lowest BCUT2D eigenvalue weighted by atomic mass is 10.1. The number of hydrogen-bond donors (Lipinski definition) is 1. The van der Waals surface area contributed by atoms with Gasteiger partial charge in [-0.25, -0.2) is 9.48 Å². The van der Waals surface area contributed by atoms with Crippen LogP contribution in [0.3, 0.4) is 0 Å². The van der Waals surface area contributed by atoms with Gasteiger partial charge in [0.15, 0.2) is 0 Å². The minimum atomic E-state index is -4.49. The van der Waals surface area contributed by atoms with E-state index in [9.17, 15) is 18.0 Å². The van der Waals surface area contributed by atoms with Gasteiger partial charge in [-0.1, -0.05) is 12.8 Å². The van der Waals surface area contributed by atoms with E-state index in [0.717, 1.165) is 25.2 Å². The van der Waals surface area contributed by atoms with Gasteiger partial charge in [-0.3, -0.25) is 4.90 Å². The van der Waals surface area contributed by atoms with Crippen LogP contribution < -0.4 is 5.32 Å². The molecule has 1 saturated heterocycles. The van der Waals surface area contributed by atoms with Crippen LogP contribution in [0.4, 0.5) is 23.7 Å². The third-order valence-corrected chi connectivity index (χ3v) is 5.76. The average Bonchev–Trinajstić information content (AvgIpc) is 3.41. The number of benzene rings is 1. The molecule has 2 heterocycles. The third kappa shape index (κ3) is 4.39. The molecule has 0 unspecified atom stereocenters. The predicted octanol–water partition coefficient (Wildman–Crippen LogP) is 3.98. The van der Waals surface area contributed by atoms with Gasteiger partial charge >= 0.3 is 12.2 Å². The number of amides is 2. The number of carbonyl (C=O) groups is 1. The van der Waals surface area contributed by atoms with Gasteiger partial charge in [-0.15, -0.1) is 0 Å². The van der Waals surface area contributed by atoms with Gasteiger partial charge in [-0.05, 0) is 37.1 Å². The summed E-state index contributed by atoms with van der Waals surface area (Å²) in [6, 6.07) is 5.17. The zero-order valence-electron chi connectivity index (χ0n) is 16.0. The number of hydrogen-bond acceptors (Lipinski definition) is 3. The van der Waals surface area contributed by atoms with Crippen LogP contribution in [0.25, 0.3) is 5.69 Å². The molecule has 156 valence electrons. The van der Waals surface area contributed by atoms with Gasteiger partial charge in [0.1, 0.15) is 0 Å². The molecular weight excluding hydrogens is 383 g/mol.